The predicted molar refractivity (Wildman–Crippen MR) is 59.1 cm³/mol. The lowest BCUT2D eigenvalue weighted by molar-refractivity contribution is -0.147. The summed E-state index contributed by atoms with van der Waals surface area (Å²) >= 11 is 1.47. The fourth-order valence-corrected chi connectivity index (χ4v) is 3.49. The summed E-state index contributed by atoms with van der Waals surface area (Å²) in [5, 5.41) is 12.1. The molecule has 82 valence electrons. The van der Waals surface area contributed by atoms with Crippen molar-refractivity contribution in [2.24, 2.45) is 5.92 Å². The number of hydrogen-bond acceptors (Lipinski definition) is 3. The lowest BCUT2D eigenvalue weighted by Crippen LogP contribution is -2.44. The van der Waals surface area contributed by atoms with Gasteiger partial charge in [0.2, 0.25) is 0 Å². The Bertz CT molecular complexity index is 349. The SMILES string of the molecule is CC1CCCCC1(C(=O)O)c1nccs1. The molecular weight excluding hydrogens is 210 g/mol. The van der Waals surface area contributed by atoms with Crippen molar-refractivity contribution in [1.82, 2.24) is 4.98 Å². The number of thiazole rings is 1. The van der Waals surface area contributed by atoms with Crippen LogP contribution in [0.2, 0.25) is 0 Å². The highest BCUT2D eigenvalue weighted by molar-refractivity contribution is 7.09. The molecule has 1 aromatic rings. The minimum Gasteiger partial charge on any atom is -0.481 e. The van der Waals surface area contributed by atoms with E-state index in [0.717, 1.165) is 30.7 Å². The van der Waals surface area contributed by atoms with Gasteiger partial charge < -0.3 is 5.11 Å². The summed E-state index contributed by atoms with van der Waals surface area (Å²) in [5.74, 6) is -0.514. The van der Waals surface area contributed by atoms with Gasteiger partial charge in [-0.05, 0) is 18.8 Å². The van der Waals surface area contributed by atoms with E-state index in [-0.39, 0.29) is 5.92 Å². The molecule has 2 unspecified atom stereocenters. The van der Waals surface area contributed by atoms with Crippen molar-refractivity contribution < 1.29 is 9.90 Å². The van der Waals surface area contributed by atoms with Crippen molar-refractivity contribution in [1.29, 1.82) is 0 Å². The zero-order chi connectivity index (χ0) is 10.9. The van der Waals surface area contributed by atoms with Crippen molar-refractivity contribution >= 4 is 17.3 Å². The Kier molecular flexibility index (Phi) is 2.78. The highest BCUT2D eigenvalue weighted by Crippen LogP contribution is 2.44. The minimum absolute atomic E-state index is 0.190. The van der Waals surface area contributed by atoms with Crippen molar-refractivity contribution in [3.63, 3.8) is 0 Å². The van der Waals surface area contributed by atoms with Crippen molar-refractivity contribution in [2.75, 3.05) is 0 Å². The van der Waals surface area contributed by atoms with Gasteiger partial charge in [-0.2, -0.15) is 0 Å². The zero-order valence-electron chi connectivity index (χ0n) is 8.77. The second-order valence-corrected chi connectivity index (χ2v) is 5.16. The Morgan fingerprint density at radius 1 is 1.67 bits per heavy atom. The average molecular weight is 225 g/mol. The number of rotatable bonds is 2. The molecule has 1 aliphatic rings. The van der Waals surface area contributed by atoms with E-state index >= 15 is 0 Å². The van der Waals surface area contributed by atoms with Crippen LogP contribution in [0.15, 0.2) is 11.6 Å². The van der Waals surface area contributed by atoms with Crippen molar-refractivity contribution in [3.05, 3.63) is 16.6 Å². The quantitative estimate of drug-likeness (QED) is 0.841. The molecule has 3 nitrogen and oxygen atoms in total. The summed E-state index contributed by atoms with van der Waals surface area (Å²) < 4.78 is 0. The second-order valence-electron chi connectivity index (χ2n) is 4.26. The number of carboxylic acid groups (broad SMARTS) is 1. The van der Waals surface area contributed by atoms with Crippen LogP contribution in [0.1, 0.15) is 37.6 Å². The predicted octanol–water partition coefficient (Wildman–Crippen LogP) is 2.68. The normalized spacial score (nSPS) is 31.4. The third-order valence-electron chi connectivity index (χ3n) is 3.50. The molecule has 4 heteroatoms. The first-order valence-electron chi connectivity index (χ1n) is 5.31. The Labute approximate surface area is 93.2 Å². The van der Waals surface area contributed by atoms with Gasteiger partial charge in [-0.25, -0.2) is 4.98 Å². The van der Waals surface area contributed by atoms with Crippen LogP contribution < -0.4 is 0 Å². The Morgan fingerprint density at radius 3 is 3.00 bits per heavy atom. The molecule has 1 heterocycles. The van der Waals surface area contributed by atoms with E-state index in [2.05, 4.69) is 4.98 Å². The van der Waals surface area contributed by atoms with Crippen LogP contribution in [-0.4, -0.2) is 16.1 Å². The molecule has 0 amide bonds. The maximum absolute atomic E-state index is 11.6. The van der Waals surface area contributed by atoms with E-state index < -0.39 is 11.4 Å². The molecule has 0 aliphatic heterocycles. The molecule has 2 atom stereocenters. The van der Waals surface area contributed by atoms with Crippen molar-refractivity contribution in [3.8, 4) is 0 Å². The van der Waals surface area contributed by atoms with Crippen LogP contribution in [0.5, 0.6) is 0 Å². The van der Waals surface area contributed by atoms with Gasteiger partial charge in [0.15, 0.2) is 0 Å². The van der Waals surface area contributed by atoms with E-state index in [1.807, 2.05) is 12.3 Å². The highest BCUT2D eigenvalue weighted by Gasteiger charge is 2.48. The van der Waals surface area contributed by atoms with Gasteiger partial charge in [0.1, 0.15) is 10.4 Å². The summed E-state index contributed by atoms with van der Waals surface area (Å²) in [6, 6.07) is 0. The number of aromatic nitrogens is 1. The average Bonchev–Trinajstić information content (AvgIpc) is 2.71. The van der Waals surface area contributed by atoms with Gasteiger partial charge in [-0.1, -0.05) is 19.8 Å². The maximum Gasteiger partial charge on any atom is 0.316 e. The van der Waals surface area contributed by atoms with Gasteiger partial charge in [-0.3, -0.25) is 4.79 Å². The van der Waals surface area contributed by atoms with E-state index in [4.69, 9.17) is 0 Å². The molecule has 1 aromatic heterocycles. The highest BCUT2D eigenvalue weighted by atomic mass is 32.1. The minimum atomic E-state index is -0.716. The summed E-state index contributed by atoms with van der Waals surface area (Å²) in [4.78, 5) is 15.8. The third-order valence-corrected chi connectivity index (χ3v) is 4.45. The molecule has 15 heavy (non-hydrogen) atoms. The lowest BCUT2D eigenvalue weighted by atomic mass is 9.67. The molecule has 0 radical (unpaired) electrons. The number of hydrogen-bond donors (Lipinski definition) is 1. The summed E-state index contributed by atoms with van der Waals surface area (Å²) in [6.07, 6.45) is 5.56. The van der Waals surface area contributed by atoms with Gasteiger partial charge in [-0.15, -0.1) is 11.3 Å². The fourth-order valence-electron chi connectivity index (χ4n) is 2.52. The first-order valence-corrected chi connectivity index (χ1v) is 6.19. The first-order chi connectivity index (χ1) is 7.18. The van der Waals surface area contributed by atoms with Gasteiger partial charge in [0.25, 0.3) is 0 Å². The van der Waals surface area contributed by atoms with Gasteiger partial charge >= 0.3 is 5.97 Å². The topological polar surface area (TPSA) is 50.2 Å². The molecule has 1 saturated carbocycles. The van der Waals surface area contributed by atoms with Crippen LogP contribution >= 0.6 is 11.3 Å². The smallest absolute Gasteiger partial charge is 0.316 e. The number of aliphatic carboxylic acids is 1. The van der Waals surface area contributed by atoms with Crippen LogP contribution in [-0.2, 0) is 10.2 Å². The summed E-state index contributed by atoms with van der Waals surface area (Å²) in [7, 11) is 0. The van der Waals surface area contributed by atoms with E-state index in [9.17, 15) is 9.90 Å². The monoisotopic (exact) mass is 225 g/mol. The second kappa shape index (κ2) is 3.93. The van der Waals surface area contributed by atoms with Crippen LogP contribution in [0.4, 0.5) is 0 Å². The molecule has 0 spiro atoms. The van der Waals surface area contributed by atoms with Crippen LogP contribution in [0, 0.1) is 5.92 Å². The standard InChI is InChI=1S/C11H15NO2S/c1-8-4-2-3-5-11(8,10(13)14)9-12-6-7-15-9/h6-8H,2-5H2,1H3,(H,13,14). The van der Waals surface area contributed by atoms with E-state index in [1.165, 1.54) is 11.3 Å². The van der Waals surface area contributed by atoms with Crippen LogP contribution in [0.3, 0.4) is 0 Å². The largest absolute Gasteiger partial charge is 0.481 e. The van der Waals surface area contributed by atoms with Gasteiger partial charge in [0.05, 0.1) is 0 Å². The molecule has 0 bridgehead atoms. The summed E-state index contributed by atoms with van der Waals surface area (Å²) in [5.41, 5.74) is -0.716. The molecular formula is C11H15NO2S. The third kappa shape index (κ3) is 1.57. The molecule has 0 saturated heterocycles. The van der Waals surface area contributed by atoms with E-state index in [1.54, 1.807) is 6.20 Å². The number of carbonyl (C=O) groups is 1. The summed E-state index contributed by atoms with van der Waals surface area (Å²) in [6.45, 7) is 2.04. The molecule has 1 N–H and O–H groups in total. The fraction of sp³-hybridized carbons (Fsp3) is 0.636. The Hall–Kier alpha value is -0.900. The Balaban J connectivity index is 2.43. The van der Waals surface area contributed by atoms with Crippen molar-refractivity contribution in [2.45, 2.75) is 38.0 Å². The number of nitrogens with zero attached hydrogens (tertiary/aromatic N) is 1. The Morgan fingerprint density at radius 2 is 2.47 bits per heavy atom. The lowest BCUT2D eigenvalue weighted by Gasteiger charge is -2.37. The first kappa shape index (κ1) is 10.6. The van der Waals surface area contributed by atoms with E-state index in [0.29, 0.717) is 0 Å². The zero-order valence-corrected chi connectivity index (χ0v) is 9.59. The number of carboxylic acids is 1. The molecule has 0 aromatic carbocycles. The van der Waals surface area contributed by atoms with Gasteiger partial charge in [0, 0.05) is 11.6 Å². The maximum atomic E-state index is 11.6. The van der Waals surface area contributed by atoms with Crippen LogP contribution in [0.25, 0.3) is 0 Å². The molecule has 2 rings (SSSR count). The molecule has 1 aliphatic carbocycles. The molecule has 1 fully saturated rings.